The molecular weight excluding hydrogens is 393 g/mol. The fourth-order valence-corrected chi connectivity index (χ4v) is 2.38. The number of hydrogen-bond acceptors (Lipinski definition) is 5. The Labute approximate surface area is 158 Å². The summed E-state index contributed by atoms with van der Waals surface area (Å²) in [5, 5.41) is 0.640. The number of carbonyl (C=O) groups excluding carboxylic acids is 2. The van der Waals surface area contributed by atoms with Crippen molar-refractivity contribution in [2.45, 2.75) is 0 Å². The normalized spacial score (nSPS) is 10.2. The maximum absolute atomic E-state index is 12.3. The van der Waals surface area contributed by atoms with Crippen LogP contribution in [0, 0.1) is 0 Å². The highest BCUT2D eigenvalue weighted by molar-refractivity contribution is 6.42. The number of primary amides is 1. The van der Waals surface area contributed by atoms with Gasteiger partial charge >= 0.3 is 5.97 Å². The van der Waals surface area contributed by atoms with Crippen molar-refractivity contribution in [1.82, 2.24) is 0 Å². The molecular formula is C16H12Cl3NO5. The largest absolute Gasteiger partial charge is 0.493 e. The summed E-state index contributed by atoms with van der Waals surface area (Å²) in [6.07, 6.45) is 0. The molecule has 0 aliphatic heterocycles. The molecule has 6 nitrogen and oxygen atoms in total. The molecule has 2 aromatic carbocycles. The first-order chi connectivity index (χ1) is 11.8. The highest BCUT2D eigenvalue weighted by Gasteiger charge is 2.18. The van der Waals surface area contributed by atoms with Crippen LogP contribution < -0.4 is 19.9 Å². The lowest BCUT2D eigenvalue weighted by molar-refractivity contribution is -0.119. The SMILES string of the molecule is COc1cc(C(=O)Oc2ccc(Cl)c(Cl)c2)cc(Cl)c1OCC(N)=O. The zero-order valence-corrected chi connectivity index (χ0v) is 15.1. The van der Waals surface area contributed by atoms with Crippen molar-refractivity contribution in [2.75, 3.05) is 13.7 Å². The van der Waals surface area contributed by atoms with E-state index in [1.54, 1.807) is 0 Å². The number of ether oxygens (including phenoxy) is 3. The summed E-state index contributed by atoms with van der Waals surface area (Å²) in [5.74, 6) is -0.922. The number of nitrogens with two attached hydrogens (primary N) is 1. The van der Waals surface area contributed by atoms with Crippen molar-refractivity contribution in [3.8, 4) is 17.2 Å². The second kappa shape index (κ2) is 8.29. The van der Waals surface area contributed by atoms with Crippen molar-refractivity contribution < 1.29 is 23.8 Å². The molecule has 2 N–H and O–H groups in total. The van der Waals surface area contributed by atoms with E-state index in [0.717, 1.165) is 0 Å². The number of methoxy groups -OCH3 is 1. The van der Waals surface area contributed by atoms with Crippen LogP contribution in [0.1, 0.15) is 10.4 Å². The minimum atomic E-state index is -0.694. The van der Waals surface area contributed by atoms with Crippen molar-refractivity contribution in [3.05, 3.63) is 51.0 Å². The lowest BCUT2D eigenvalue weighted by Crippen LogP contribution is -2.20. The number of halogens is 3. The number of benzene rings is 2. The summed E-state index contributed by atoms with van der Waals surface area (Å²) in [6.45, 7) is -0.386. The van der Waals surface area contributed by atoms with E-state index in [1.807, 2.05) is 0 Å². The van der Waals surface area contributed by atoms with Crippen molar-refractivity contribution in [3.63, 3.8) is 0 Å². The Morgan fingerprint density at radius 1 is 1.04 bits per heavy atom. The van der Waals surface area contributed by atoms with Gasteiger partial charge in [-0.3, -0.25) is 4.79 Å². The molecule has 0 aromatic heterocycles. The highest BCUT2D eigenvalue weighted by atomic mass is 35.5. The van der Waals surface area contributed by atoms with Crippen LogP contribution in [-0.2, 0) is 4.79 Å². The van der Waals surface area contributed by atoms with E-state index in [2.05, 4.69) is 0 Å². The third-order valence-corrected chi connectivity index (χ3v) is 3.95. The van der Waals surface area contributed by atoms with Gasteiger partial charge in [-0.25, -0.2) is 4.79 Å². The molecule has 132 valence electrons. The molecule has 2 rings (SSSR count). The Morgan fingerprint density at radius 3 is 2.36 bits per heavy atom. The number of carbonyl (C=O) groups is 2. The first kappa shape index (κ1) is 19.2. The molecule has 0 saturated heterocycles. The molecule has 0 heterocycles. The van der Waals surface area contributed by atoms with Gasteiger partial charge in [-0.2, -0.15) is 0 Å². The first-order valence-electron chi connectivity index (χ1n) is 6.77. The van der Waals surface area contributed by atoms with Crippen LogP contribution >= 0.6 is 34.8 Å². The lowest BCUT2D eigenvalue weighted by Gasteiger charge is -2.13. The van der Waals surface area contributed by atoms with E-state index in [9.17, 15) is 9.59 Å². The molecule has 0 aliphatic rings. The molecule has 9 heteroatoms. The van der Waals surface area contributed by atoms with Crippen molar-refractivity contribution in [2.24, 2.45) is 5.73 Å². The topological polar surface area (TPSA) is 87.8 Å². The van der Waals surface area contributed by atoms with Gasteiger partial charge in [0.1, 0.15) is 5.75 Å². The monoisotopic (exact) mass is 403 g/mol. The third kappa shape index (κ3) is 4.92. The van der Waals surface area contributed by atoms with Gasteiger partial charge < -0.3 is 19.9 Å². The number of hydrogen-bond donors (Lipinski definition) is 1. The minimum Gasteiger partial charge on any atom is -0.493 e. The van der Waals surface area contributed by atoms with E-state index in [0.29, 0.717) is 5.02 Å². The molecule has 0 radical (unpaired) electrons. The Hall–Kier alpha value is -2.15. The minimum absolute atomic E-state index is 0.0571. The quantitative estimate of drug-likeness (QED) is 0.585. The van der Waals surface area contributed by atoms with Crippen LogP contribution in [0.2, 0.25) is 15.1 Å². The van der Waals surface area contributed by atoms with E-state index in [-0.39, 0.29) is 39.5 Å². The average Bonchev–Trinajstić information content (AvgIpc) is 2.56. The summed E-state index contributed by atoms with van der Waals surface area (Å²) in [7, 11) is 1.36. The van der Waals surface area contributed by atoms with Crippen LogP contribution in [0.15, 0.2) is 30.3 Å². The van der Waals surface area contributed by atoms with Crippen LogP contribution in [0.25, 0.3) is 0 Å². The molecule has 0 bridgehead atoms. The highest BCUT2D eigenvalue weighted by Crippen LogP contribution is 2.37. The molecule has 0 spiro atoms. The molecule has 0 fully saturated rings. The molecule has 0 aliphatic carbocycles. The Bertz CT molecular complexity index is 826. The van der Waals surface area contributed by atoms with E-state index in [4.69, 9.17) is 54.7 Å². The Balaban J connectivity index is 2.26. The Kier molecular flexibility index (Phi) is 6.36. The van der Waals surface area contributed by atoms with Gasteiger partial charge in [-0.1, -0.05) is 34.8 Å². The van der Waals surface area contributed by atoms with Gasteiger partial charge in [-0.05, 0) is 24.3 Å². The fraction of sp³-hybridized carbons (Fsp3) is 0.125. The predicted molar refractivity (Wildman–Crippen MR) is 94.1 cm³/mol. The molecule has 1 amide bonds. The molecule has 0 saturated carbocycles. The first-order valence-corrected chi connectivity index (χ1v) is 7.91. The zero-order chi connectivity index (χ0) is 18.6. The third-order valence-electron chi connectivity index (χ3n) is 2.93. The van der Waals surface area contributed by atoms with Crippen LogP contribution in [0.3, 0.4) is 0 Å². The van der Waals surface area contributed by atoms with E-state index in [1.165, 1.54) is 37.4 Å². The number of amides is 1. The van der Waals surface area contributed by atoms with Crippen molar-refractivity contribution in [1.29, 1.82) is 0 Å². The van der Waals surface area contributed by atoms with Gasteiger partial charge in [0.25, 0.3) is 5.91 Å². The van der Waals surface area contributed by atoms with E-state index >= 15 is 0 Å². The second-order valence-corrected chi connectivity index (χ2v) is 5.93. The maximum Gasteiger partial charge on any atom is 0.343 e. The zero-order valence-electron chi connectivity index (χ0n) is 12.8. The molecule has 0 unspecified atom stereocenters. The van der Waals surface area contributed by atoms with Crippen LogP contribution in [0.5, 0.6) is 17.2 Å². The van der Waals surface area contributed by atoms with Crippen molar-refractivity contribution >= 4 is 46.7 Å². The summed E-state index contributed by atoms with van der Waals surface area (Å²) >= 11 is 17.8. The summed E-state index contributed by atoms with van der Waals surface area (Å²) in [4.78, 5) is 23.1. The number of rotatable bonds is 6. The maximum atomic E-state index is 12.3. The van der Waals surface area contributed by atoms with Gasteiger partial charge in [0, 0.05) is 6.07 Å². The van der Waals surface area contributed by atoms with Gasteiger partial charge in [0.05, 0.1) is 27.7 Å². The molecule has 2 aromatic rings. The molecule has 0 atom stereocenters. The van der Waals surface area contributed by atoms with Crippen LogP contribution in [0.4, 0.5) is 0 Å². The predicted octanol–water partition coefficient (Wildman–Crippen LogP) is 3.74. The van der Waals surface area contributed by atoms with Gasteiger partial charge in [0.15, 0.2) is 18.1 Å². The smallest absolute Gasteiger partial charge is 0.343 e. The summed E-state index contributed by atoms with van der Waals surface area (Å²) < 4.78 is 15.5. The standard InChI is InChI=1S/C16H12Cl3NO5/c1-23-13-5-8(4-12(19)15(13)24-7-14(20)21)16(22)25-9-2-3-10(17)11(18)6-9/h2-6H,7H2,1H3,(H2,20,21). The second-order valence-electron chi connectivity index (χ2n) is 4.71. The van der Waals surface area contributed by atoms with Gasteiger partial charge in [-0.15, -0.1) is 0 Å². The van der Waals surface area contributed by atoms with Crippen LogP contribution in [-0.4, -0.2) is 25.6 Å². The van der Waals surface area contributed by atoms with E-state index < -0.39 is 11.9 Å². The molecule has 25 heavy (non-hydrogen) atoms. The Morgan fingerprint density at radius 2 is 1.76 bits per heavy atom. The average molecular weight is 405 g/mol. The fourth-order valence-electron chi connectivity index (χ4n) is 1.83. The number of esters is 1. The lowest BCUT2D eigenvalue weighted by atomic mass is 10.2. The van der Waals surface area contributed by atoms with Gasteiger partial charge in [0.2, 0.25) is 0 Å². The summed E-state index contributed by atoms with van der Waals surface area (Å²) in [6, 6.07) is 7.09. The summed E-state index contributed by atoms with van der Waals surface area (Å²) in [5.41, 5.74) is 5.14.